The number of sulfonamides is 1. The molecule has 0 N–H and O–H groups in total. The zero-order valence-corrected chi connectivity index (χ0v) is 16.8. The molecule has 1 fully saturated rings. The molecule has 10 heteroatoms. The summed E-state index contributed by atoms with van der Waals surface area (Å²) in [5, 5.41) is 0.0947. The average Bonchev–Trinajstić information content (AvgIpc) is 3.01. The largest absolute Gasteiger partial charge is 0.454 e. The van der Waals surface area contributed by atoms with Gasteiger partial charge in [0.1, 0.15) is 0 Å². The minimum absolute atomic E-state index is 0.0947. The Morgan fingerprint density at radius 3 is 2.45 bits per heavy atom. The third-order valence-corrected chi connectivity index (χ3v) is 8.13. The molecule has 1 saturated heterocycles. The molecule has 5 nitrogen and oxygen atoms in total. The first kappa shape index (κ1) is 20.4. The lowest BCUT2D eigenvalue weighted by atomic mass is 10.1. The fourth-order valence-corrected chi connectivity index (χ4v) is 6.13. The molecule has 1 unspecified atom stereocenters. The van der Waals surface area contributed by atoms with Crippen molar-refractivity contribution in [3.8, 4) is 11.5 Å². The molecule has 0 bridgehead atoms. The Kier molecular flexibility index (Phi) is 5.43. The van der Waals surface area contributed by atoms with E-state index in [0.29, 0.717) is 30.2 Å². The van der Waals surface area contributed by atoms with Crippen LogP contribution in [-0.4, -0.2) is 38.4 Å². The Labute approximate surface area is 170 Å². The summed E-state index contributed by atoms with van der Waals surface area (Å²) < 4.78 is 76.1. The predicted octanol–water partition coefficient (Wildman–Crippen LogP) is 4.30. The summed E-state index contributed by atoms with van der Waals surface area (Å²) in [5.41, 5.74) is 0.166. The van der Waals surface area contributed by atoms with E-state index in [2.05, 4.69) is 0 Å². The van der Waals surface area contributed by atoms with Gasteiger partial charge in [-0.2, -0.15) is 29.2 Å². The number of alkyl halides is 3. The number of benzene rings is 2. The molecule has 156 valence electrons. The lowest BCUT2D eigenvalue weighted by Crippen LogP contribution is -2.33. The Bertz CT molecular complexity index is 994. The Morgan fingerprint density at radius 2 is 1.72 bits per heavy atom. The summed E-state index contributed by atoms with van der Waals surface area (Å²) in [6, 6.07) is 9.35. The summed E-state index contributed by atoms with van der Waals surface area (Å²) in [7, 11) is -3.85. The van der Waals surface area contributed by atoms with E-state index in [-0.39, 0.29) is 23.5 Å². The molecule has 29 heavy (non-hydrogen) atoms. The van der Waals surface area contributed by atoms with E-state index in [1.165, 1.54) is 4.31 Å². The highest BCUT2D eigenvalue weighted by Gasteiger charge is 2.32. The second kappa shape index (κ2) is 7.73. The average molecular weight is 445 g/mol. The van der Waals surface area contributed by atoms with E-state index in [4.69, 9.17) is 9.47 Å². The molecule has 2 heterocycles. The lowest BCUT2D eigenvalue weighted by molar-refractivity contribution is -0.137. The normalized spacial score (nSPS) is 20.4. The predicted molar refractivity (Wildman–Crippen MR) is 103 cm³/mol. The van der Waals surface area contributed by atoms with E-state index >= 15 is 0 Å². The molecule has 0 saturated carbocycles. The van der Waals surface area contributed by atoms with Gasteiger partial charge in [0.05, 0.1) is 10.5 Å². The molecule has 2 aromatic rings. The van der Waals surface area contributed by atoms with Crippen LogP contribution >= 0.6 is 11.8 Å². The first-order valence-electron chi connectivity index (χ1n) is 8.94. The lowest BCUT2D eigenvalue weighted by Gasteiger charge is -2.20. The van der Waals surface area contributed by atoms with Crippen molar-refractivity contribution in [2.45, 2.75) is 22.7 Å². The molecule has 4 rings (SSSR count). The fraction of sp³-hybridized carbons (Fsp3) is 0.368. The molecule has 0 amide bonds. The van der Waals surface area contributed by atoms with Crippen molar-refractivity contribution in [3.63, 3.8) is 0 Å². The van der Waals surface area contributed by atoms with Gasteiger partial charge in [-0.1, -0.05) is 6.07 Å². The van der Waals surface area contributed by atoms with Crippen molar-refractivity contribution in [1.82, 2.24) is 4.31 Å². The standard InChI is InChI=1S/C19H18F3NO4S2/c20-19(21,22)14-2-4-15(5-3-14)29(24,25)23-8-7-18(28-10-9-23)13-1-6-16-17(11-13)27-12-26-16/h1-6,11,18H,7-10,12H2. The van der Waals surface area contributed by atoms with Crippen molar-refractivity contribution in [3.05, 3.63) is 53.6 Å². The second-order valence-corrected chi connectivity index (χ2v) is 9.94. The maximum atomic E-state index is 12.9. The van der Waals surface area contributed by atoms with Gasteiger partial charge in [-0.3, -0.25) is 0 Å². The maximum absolute atomic E-state index is 12.9. The van der Waals surface area contributed by atoms with Gasteiger partial charge < -0.3 is 9.47 Å². The third-order valence-electron chi connectivity index (χ3n) is 4.89. The van der Waals surface area contributed by atoms with Gasteiger partial charge in [0.2, 0.25) is 16.8 Å². The highest BCUT2D eigenvalue weighted by atomic mass is 32.2. The quantitative estimate of drug-likeness (QED) is 0.705. The first-order valence-corrected chi connectivity index (χ1v) is 11.4. The van der Waals surface area contributed by atoms with Gasteiger partial charge in [-0.25, -0.2) is 8.42 Å². The number of halogens is 3. The minimum atomic E-state index is -4.50. The first-order chi connectivity index (χ1) is 13.7. The number of thioether (sulfide) groups is 1. The van der Waals surface area contributed by atoms with Crippen LogP contribution in [-0.2, 0) is 16.2 Å². The Hall–Kier alpha value is -1.91. The van der Waals surface area contributed by atoms with Crippen molar-refractivity contribution < 1.29 is 31.1 Å². The van der Waals surface area contributed by atoms with Crippen molar-refractivity contribution in [2.24, 2.45) is 0 Å². The van der Waals surface area contributed by atoms with Crippen LogP contribution in [0.25, 0.3) is 0 Å². The van der Waals surface area contributed by atoms with Crippen LogP contribution in [0.3, 0.4) is 0 Å². The van der Waals surface area contributed by atoms with Gasteiger partial charge in [0.15, 0.2) is 11.5 Å². The second-order valence-electron chi connectivity index (χ2n) is 6.69. The molecule has 0 spiro atoms. The molecular weight excluding hydrogens is 427 g/mol. The van der Waals surface area contributed by atoms with Crippen LogP contribution in [0.2, 0.25) is 0 Å². The Balaban J connectivity index is 1.49. The van der Waals surface area contributed by atoms with Crippen molar-refractivity contribution >= 4 is 21.8 Å². The number of nitrogens with zero attached hydrogens (tertiary/aromatic N) is 1. The molecular formula is C19H18F3NO4S2. The molecule has 2 aliphatic rings. The van der Waals surface area contributed by atoms with E-state index in [0.717, 1.165) is 29.8 Å². The summed E-state index contributed by atoms with van der Waals surface area (Å²) >= 11 is 1.65. The van der Waals surface area contributed by atoms with Gasteiger partial charge in [-0.15, -0.1) is 0 Å². The Morgan fingerprint density at radius 1 is 1.00 bits per heavy atom. The van der Waals surface area contributed by atoms with Gasteiger partial charge in [0, 0.05) is 24.1 Å². The molecule has 0 aliphatic carbocycles. The van der Waals surface area contributed by atoms with Crippen LogP contribution in [0.5, 0.6) is 11.5 Å². The molecule has 2 aromatic carbocycles. The van der Waals surface area contributed by atoms with Crippen LogP contribution < -0.4 is 9.47 Å². The van der Waals surface area contributed by atoms with Gasteiger partial charge in [-0.05, 0) is 48.4 Å². The van der Waals surface area contributed by atoms with Crippen LogP contribution in [0.1, 0.15) is 22.8 Å². The maximum Gasteiger partial charge on any atom is 0.416 e. The van der Waals surface area contributed by atoms with Crippen LogP contribution in [0.4, 0.5) is 13.2 Å². The third kappa shape index (κ3) is 4.19. The number of fused-ring (bicyclic) bond motifs is 1. The molecule has 0 radical (unpaired) electrons. The summed E-state index contributed by atoms with van der Waals surface area (Å²) in [5.74, 6) is 1.96. The molecule has 2 aliphatic heterocycles. The van der Waals surface area contributed by atoms with Crippen molar-refractivity contribution in [1.29, 1.82) is 0 Å². The zero-order valence-electron chi connectivity index (χ0n) is 15.2. The monoisotopic (exact) mass is 445 g/mol. The summed E-state index contributed by atoms with van der Waals surface area (Å²) in [4.78, 5) is -0.128. The van der Waals surface area contributed by atoms with Gasteiger partial charge >= 0.3 is 6.18 Å². The topological polar surface area (TPSA) is 55.8 Å². The highest BCUT2D eigenvalue weighted by molar-refractivity contribution is 7.99. The smallest absolute Gasteiger partial charge is 0.416 e. The van der Waals surface area contributed by atoms with E-state index in [1.54, 1.807) is 11.8 Å². The summed E-state index contributed by atoms with van der Waals surface area (Å²) in [6.45, 7) is 0.778. The minimum Gasteiger partial charge on any atom is -0.454 e. The molecule has 0 aromatic heterocycles. The van der Waals surface area contributed by atoms with E-state index in [1.807, 2.05) is 18.2 Å². The van der Waals surface area contributed by atoms with Crippen LogP contribution in [0, 0.1) is 0 Å². The number of ether oxygens (including phenoxy) is 2. The SMILES string of the molecule is O=S(=O)(c1ccc(C(F)(F)F)cc1)N1CCSC(c2ccc3c(c2)OCO3)CC1. The molecule has 1 atom stereocenters. The van der Waals surface area contributed by atoms with E-state index < -0.39 is 21.8 Å². The number of hydrogen-bond acceptors (Lipinski definition) is 5. The fourth-order valence-electron chi connectivity index (χ4n) is 3.33. The zero-order chi connectivity index (χ0) is 20.6. The van der Waals surface area contributed by atoms with Gasteiger partial charge in [0.25, 0.3) is 0 Å². The van der Waals surface area contributed by atoms with Crippen molar-refractivity contribution in [2.75, 3.05) is 25.6 Å². The number of hydrogen-bond donors (Lipinski definition) is 0. The van der Waals surface area contributed by atoms with Crippen LogP contribution in [0.15, 0.2) is 47.4 Å². The summed E-state index contributed by atoms with van der Waals surface area (Å²) in [6.07, 6.45) is -3.91. The highest BCUT2D eigenvalue weighted by Crippen LogP contribution is 2.41. The number of rotatable bonds is 3. The van der Waals surface area contributed by atoms with E-state index in [9.17, 15) is 21.6 Å².